The summed E-state index contributed by atoms with van der Waals surface area (Å²) < 4.78 is 0. The van der Waals surface area contributed by atoms with Gasteiger partial charge >= 0.3 is 0 Å². The first kappa shape index (κ1) is 13.3. The van der Waals surface area contributed by atoms with E-state index >= 15 is 0 Å². The Morgan fingerprint density at radius 2 is 1.94 bits per heavy atom. The molecule has 17 heavy (non-hydrogen) atoms. The second-order valence-electron chi connectivity index (χ2n) is 6.43. The van der Waals surface area contributed by atoms with Gasteiger partial charge < -0.3 is 15.5 Å². The van der Waals surface area contributed by atoms with Gasteiger partial charge in [-0.2, -0.15) is 0 Å². The molecule has 0 saturated carbocycles. The molecule has 0 aromatic rings. The molecule has 0 aliphatic carbocycles. The van der Waals surface area contributed by atoms with Crippen LogP contribution in [0.25, 0.3) is 0 Å². The van der Waals surface area contributed by atoms with Gasteiger partial charge in [0.25, 0.3) is 0 Å². The van der Waals surface area contributed by atoms with E-state index in [0.717, 1.165) is 5.92 Å². The number of nitrogens with zero attached hydrogens (tertiary/aromatic N) is 2. The summed E-state index contributed by atoms with van der Waals surface area (Å²) in [5.74, 6) is 1.56. The highest BCUT2D eigenvalue weighted by molar-refractivity contribution is 4.84. The van der Waals surface area contributed by atoms with E-state index in [1.54, 1.807) is 0 Å². The van der Waals surface area contributed by atoms with Crippen molar-refractivity contribution in [2.45, 2.75) is 45.7 Å². The molecule has 100 valence electrons. The molecule has 0 aromatic carbocycles. The van der Waals surface area contributed by atoms with Gasteiger partial charge in [-0.05, 0) is 51.6 Å². The lowest BCUT2D eigenvalue weighted by Crippen LogP contribution is -2.47. The number of hydrogen-bond donors (Lipinski definition) is 1. The molecular formula is C14H29N3. The van der Waals surface area contributed by atoms with Gasteiger partial charge in [0.15, 0.2) is 0 Å². The van der Waals surface area contributed by atoms with Crippen molar-refractivity contribution in [1.29, 1.82) is 0 Å². The Hall–Kier alpha value is -0.120. The highest BCUT2D eigenvalue weighted by Crippen LogP contribution is 2.22. The van der Waals surface area contributed by atoms with Crippen molar-refractivity contribution in [1.82, 2.24) is 9.80 Å². The van der Waals surface area contributed by atoms with Crippen molar-refractivity contribution in [2.24, 2.45) is 17.6 Å². The van der Waals surface area contributed by atoms with Gasteiger partial charge in [0.2, 0.25) is 0 Å². The van der Waals surface area contributed by atoms with Gasteiger partial charge in [0.1, 0.15) is 0 Å². The molecule has 2 rings (SSSR count). The van der Waals surface area contributed by atoms with Crippen LogP contribution in [0.4, 0.5) is 0 Å². The molecule has 2 heterocycles. The molecule has 0 aromatic heterocycles. The largest absolute Gasteiger partial charge is 0.327 e. The minimum Gasteiger partial charge on any atom is -0.327 e. The Morgan fingerprint density at radius 3 is 2.53 bits per heavy atom. The van der Waals surface area contributed by atoms with Crippen molar-refractivity contribution in [3.63, 3.8) is 0 Å². The second-order valence-corrected chi connectivity index (χ2v) is 6.43. The third-order valence-corrected chi connectivity index (χ3v) is 4.62. The summed E-state index contributed by atoms with van der Waals surface area (Å²) in [6.45, 7) is 13.2. The maximum Gasteiger partial charge on any atom is 0.00889 e. The number of nitrogens with two attached hydrogens (primary N) is 1. The molecule has 2 N–H and O–H groups in total. The number of likely N-dealkylation sites (tertiary alicyclic amines) is 2. The fraction of sp³-hybridized carbons (Fsp3) is 1.00. The molecule has 3 unspecified atom stereocenters. The molecule has 0 bridgehead atoms. The van der Waals surface area contributed by atoms with Gasteiger partial charge in [0.05, 0.1) is 0 Å². The van der Waals surface area contributed by atoms with Crippen LogP contribution in [0.15, 0.2) is 0 Å². The predicted octanol–water partition coefficient (Wildman–Crippen LogP) is 1.39. The first-order chi connectivity index (χ1) is 8.06. The van der Waals surface area contributed by atoms with E-state index in [1.165, 1.54) is 45.6 Å². The lowest BCUT2D eigenvalue weighted by Gasteiger charge is -2.36. The summed E-state index contributed by atoms with van der Waals surface area (Å²) in [6, 6.07) is 1.15. The maximum atomic E-state index is 6.08. The average Bonchev–Trinajstić information content (AvgIpc) is 2.72. The first-order valence-corrected chi connectivity index (χ1v) is 7.28. The standard InChI is InChI=1S/C14H29N3/c1-11(2)17-7-4-13(10-17)9-16-6-5-14(15)12(3)8-16/h11-14H,4-10,15H2,1-3H3. The Labute approximate surface area is 106 Å². The van der Waals surface area contributed by atoms with Crippen LogP contribution in [-0.4, -0.2) is 54.6 Å². The maximum absolute atomic E-state index is 6.08. The molecule has 2 fully saturated rings. The molecule has 0 radical (unpaired) electrons. The SMILES string of the molecule is CC1CN(CC2CCN(C(C)C)C2)CCC1N. The molecule has 2 aliphatic rings. The smallest absolute Gasteiger partial charge is 0.00889 e. The Kier molecular flexibility index (Phi) is 4.45. The van der Waals surface area contributed by atoms with Crippen molar-refractivity contribution >= 4 is 0 Å². The molecule has 3 nitrogen and oxygen atoms in total. The first-order valence-electron chi connectivity index (χ1n) is 7.28. The van der Waals surface area contributed by atoms with Crippen LogP contribution in [0.3, 0.4) is 0 Å². The predicted molar refractivity (Wildman–Crippen MR) is 73.0 cm³/mol. The molecular weight excluding hydrogens is 210 g/mol. The molecule has 3 heteroatoms. The highest BCUT2D eigenvalue weighted by atomic mass is 15.2. The summed E-state index contributed by atoms with van der Waals surface area (Å²) in [4.78, 5) is 5.26. The second kappa shape index (κ2) is 5.68. The molecule has 0 spiro atoms. The van der Waals surface area contributed by atoms with Crippen LogP contribution in [-0.2, 0) is 0 Å². The molecule has 2 saturated heterocycles. The molecule has 3 atom stereocenters. The molecule has 0 amide bonds. The summed E-state index contributed by atoms with van der Waals surface area (Å²) >= 11 is 0. The van der Waals surface area contributed by atoms with Crippen LogP contribution in [0, 0.1) is 11.8 Å². The van der Waals surface area contributed by atoms with Gasteiger partial charge in [0, 0.05) is 31.7 Å². The van der Waals surface area contributed by atoms with E-state index in [0.29, 0.717) is 18.0 Å². The lowest BCUT2D eigenvalue weighted by molar-refractivity contribution is 0.141. The zero-order valence-corrected chi connectivity index (χ0v) is 11.7. The summed E-state index contributed by atoms with van der Waals surface area (Å²) in [5.41, 5.74) is 6.08. The number of rotatable bonds is 3. The van der Waals surface area contributed by atoms with Crippen LogP contribution < -0.4 is 5.73 Å². The van der Waals surface area contributed by atoms with Crippen LogP contribution in [0.5, 0.6) is 0 Å². The van der Waals surface area contributed by atoms with E-state index in [-0.39, 0.29) is 0 Å². The normalized spacial score (nSPS) is 36.9. The Balaban J connectivity index is 1.75. The van der Waals surface area contributed by atoms with Crippen LogP contribution in [0.1, 0.15) is 33.6 Å². The fourth-order valence-corrected chi connectivity index (χ4v) is 3.26. The zero-order chi connectivity index (χ0) is 12.4. The zero-order valence-electron chi connectivity index (χ0n) is 11.7. The minimum atomic E-state index is 0.432. The van der Waals surface area contributed by atoms with E-state index in [4.69, 9.17) is 5.73 Å². The average molecular weight is 239 g/mol. The van der Waals surface area contributed by atoms with Gasteiger partial charge in [-0.25, -0.2) is 0 Å². The summed E-state index contributed by atoms with van der Waals surface area (Å²) in [6.07, 6.45) is 2.57. The van der Waals surface area contributed by atoms with Crippen LogP contribution in [0.2, 0.25) is 0 Å². The lowest BCUT2D eigenvalue weighted by atomic mass is 9.94. The third-order valence-electron chi connectivity index (χ3n) is 4.62. The minimum absolute atomic E-state index is 0.432. The van der Waals surface area contributed by atoms with E-state index in [2.05, 4.69) is 30.6 Å². The van der Waals surface area contributed by atoms with Crippen molar-refractivity contribution in [2.75, 3.05) is 32.7 Å². The van der Waals surface area contributed by atoms with Crippen molar-refractivity contribution < 1.29 is 0 Å². The number of piperidine rings is 1. The topological polar surface area (TPSA) is 32.5 Å². The molecule has 2 aliphatic heterocycles. The summed E-state index contributed by atoms with van der Waals surface area (Å²) in [7, 11) is 0. The highest BCUT2D eigenvalue weighted by Gasteiger charge is 2.29. The third kappa shape index (κ3) is 3.43. The van der Waals surface area contributed by atoms with E-state index in [1.807, 2.05) is 0 Å². The van der Waals surface area contributed by atoms with Crippen molar-refractivity contribution in [3.05, 3.63) is 0 Å². The van der Waals surface area contributed by atoms with Gasteiger partial charge in [-0.15, -0.1) is 0 Å². The summed E-state index contributed by atoms with van der Waals surface area (Å²) in [5, 5.41) is 0. The van der Waals surface area contributed by atoms with Crippen molar-refractivity contribution in [3.8, 4) is 0 Å². The van der Waals surface area contributed by atoms with Gasteiger partial charge in [-0.3, -0.25) is 0 Å². The van der Waals surface area contributed by atoms with Gasteiger partial charge in [-0.1, -0.05) is 6.92 Å². The van der Waals surface area contributed by atoms with Crippen LogP contribution >= 0.6 is 0 Å². The fourth-order valence-electron chi connectivity index (χ4n) is 3.26. The Morgan fingerprint density at radius 1 is 1.18 bits per heavy atom. The Bertz CT molecular complexity index is 242. The number of hydrogen-bond acceptors (Lipinski definition) is 3. The monoisotopic (exact) mass is 239 g/mol. The van der Waals surface area contributed by atoms with E-state index in [9.17, 15) is 0 Å². The van der Waals surface area contributed by atoms with E-state index < -0.39 is 0 Å². The quantitative estimate of drug-likeness (QED) is 0.808.